The van der Waals surface area contributed by atoms with Crippen LogP contribution in [0.2, 0.25) is 5.02 Å². The highest BCUT2D eigenvalue weighted by Crippen LogP contribution is 2.20. The van der Waals surface area contributed by atoms with Crippen molar-refractivity contribution in [2.75, 3.05) is 37.6 Å². The molecule has 26 heavy (non-hydrogen) atoms. The lowest BCUT2D eigenvalue weighted by Crippen LogP contribution is -2.51. The summed E-state index contributed by atoms with van der Waals surface area (Å²) in [4.78, 5) is 16.3. The van der Waals surface area contributed by atoms with Gasteiger partial charge >= 0.3 is 0 Å². The molecular weight excluding hydrogens is 374 g/mol. The highest BCUT2D eigenvalue weighted by atomic mass is 35.5. The first kappa shape index (κ1) is 18.7. The van der Waals surface area contributed by atoms with Crippen LogP contribution < -0.4 is 9.62 Å². The van der Waals surface area contributed by atoms with Crippen LogP contribution in [0.3, 0.4) is 0 Å². The molecule has 0 spiro atoms. The molecule has 0 saturated carbocycles. The highest BCUT2D eigenvalue weighted by Gasteiger charge is 2.23. The van der Waals surface area contributed by atoms with Crippen molar-refractivity contribution in [3.63, 3.8) is 0 Å². The van der Waals surface area contributed by atoms with Crippen LogP contribution in [0.25, 0.3) is 0 Å². The second kappa shape index (κ2) is 8.07. The molecule has 1 aliphatic heterocycles. The molecule has 2 aromatic carbocycles. The Morgan fingerprint density at radius 2 is 1.69 bits per heavy atom. The van der Waals surface area contributed by atoms with Crippen molar-refractivity contribution in [2.24, 2.45) is 0 Å². The number of benzene rings is 2. The molecule has 6 nitrogen and oxygen atoms in total. The first-order chi connectivity index (χ1) is 12.5. The van der Waals surface area contributed by atoms with Crippen molar-refractivity contribution in [1.82, 2.24) is 9.62 Å². The lowest BCUT2D eigenvalue weighted by molar-refractivity contribution is -0.130. The van der Waals surface area contributed by atoms with E-state index in [9.17, 15) is 13.2 Å². The number of hydrogen-bond donors (Lipinski definition) is 1. The number of rotatable bonds is 5. The van der Waals surface area contributed by atoms with Crippen LogP contribution in [-0.4, -0.2) is 51.9 Å². The van der Waals surface area contributed by atoms with Gasteiger partial charge in [-0.15, -0.1) is 0 Å². The minimum atomic E-state index is -3.68. The van der Waals surface area contributed by atoms with Crippen LogP contribution in [0.4, 0.5) is 5.69 Å². The summed E-state index contributed by atoms with van der Waals surface area (Å²) in [6.07, 6.45) is 0. The molecule has 0 unspecified atom stereocenters. The van der Waals surface area contributed by atoms with Crippen LogP contribution in [-0.2, 0) is 14.8 Å². The van der Waals surface area contributed by atoms with E-state index in [1.165, 1.54) is 12.1 Å². The summed E-state index contributed by atoms with van der Waals surface area (Å²) in [6, 6.07) is 15.6. The maximum atomic E-state index is 12.3. The third-order valence-corrected chi connectivity index (χ3v) is 5.92. The zero-order valence-electron chi connectivity index (χ0n) is 14.1. The Morgan fingerprint density at radius 1 is 1.00 bits per heavy atom. The maximum Gasteiger partial charge on any atom is 0.241 e. The van der Waals surface area contributed by atoms with Crippen LogP contribution in [0, 0.1) is 0 Å². The van der Waals surface area contributed by atoms with E-state index in [1.807, 2.05) is 24.3 Å². The minimum Gasteiger partial charge on any atom is -0.368 e. The van der Waals surface area contributed by atoms with E-state index in [-0.39, 0.29) is 17.3 Å². The van der Waals surface area contributed by atoms with Crippen molar-refractivity contribution in [3.8, 4) is 0 Å². The summed E-state index contributed by atoms with van der Waals surface area (Å²) >= 11 is 6.02. The number of carbonyl (C=O) groups is 1. The van der Waals surface area contributed by atoms with Crippen molar-refractivity contribution in [3.05, 3.63) is 59.6 Å². The summed E-state index contributed by atoms with van der Waals surface area (Å²) in [6.45, 7) is 2.19. The largest absolute Gasteiger partial charge is 0.368 e. The molecule has 0 atom stereocenters. The van der Waals surface area contributed by atoms with Crippen LogP contribution in [0.1, 0.15) is 0 Å². The van der Waals surface area contributed by atoms with Gasteiger partial charge in [0.2, 0.25) is 15.9 Å². The van der Waals surface area contributed by atoms with E-state index < -0.39 is 10.0 Å². The average Bonchev–Trinajstić information content (AvgIpc) is 2.67. The molecule has 3 rings (SSSR count). The number of piperazine rings is 1. The zero-order chi connectivity index (χ0) is 18.6. The number of hydrogen-bond acceptors (Lipinski definition) is 4. The van der Waals surface area contributed by atoms with Gasteiger partial charge in [0.15, 0.2) is 0 Å². The lowest BCUT2D eigenvalue weighted by Gasteiger charge is -2.36. The molecular formula is C18H20ClN3O3S. The smallest absolute Gasteiger partial charge is 0.241 e. The molecule has 1 N–H and O–H groups in total. The average molecular weight is 394 g/mol. The highest BCUT2D eigenvalue weighted by molar-refractivity contribution is 7.89. The monoisotopic (exact) mass is 393 g/mol. The predicted octanol–water partition coefficient (Wildman–Crippen LogP) is 1.97. The third kappa shape index (κ3) is 4.55. The molecule has 0 aromatic heterocycles. The van der Waals surface area contributed by atoms with Crippen molar-refractivity contribution in [1.29, 1.82) is 0 Å². The van der Waals surface area contributed by atoms with Gasteiger partial charge in [0.25, 0.3) is 0 Å². The Bertz CT molecular complexity index is 866. The van der Waals surface area contributed by atoms with Gasteiger partial charge in [0.05, 0.1) is 11.4 Å². The van der Waals surface area contributed by atoms with E-state index in [0.717, 1.165) is 5.69 Å². The summed E-state index contributed by atoms with van der Waals surface area (Å²) < 4.78 is 26.7. The Labute approximate surface area is 158 Å². The number of nitrogens with zero attached hydrogens (tertiary/aromatic N) is 2. The standard InChI is InChI=1S/C18H20ClN3O3S/c19-15-5-4-6-16(13-15)21-9-11-22(12-10-21)18(23)14-20-26(24,25)17-7-2-1-3-8-17/h1-8,13,20H,9-12,14H2. The van der Waals surface area contributed by atoms with E-state index in [2.05, 4.69) is 9.62 Å². The second-order valence-electron chi connectivity index (χ2n) is 5.99. The molecule has 0 aliphatic carbocycles. The number of amides is 1. The number of carbonyl (C=O) groups excluding carboxylic acids is 1. The molecule has 1 saturated heterocycles. The van der Waals surface area contributed by atoms with Crippen LogP contribution >= 0.6 is 11.6 Å². The quantitative estimate of drug-likeness (QED) is 0.843. The van der Waals surface area contributed by atoms with Crippen molar-refractivity contribution in [2.45, 2.75) is 4.90 Å². The molecule has 138 valence electrons. The molecule has 0 bridgehead atoms. The number of nitrogens with one attached hydrogen (secondary N) is 1. The SMILES string of the molecule is O=C(CNS(=O)(=O)c1ccccc1)N1CCN(c2cccc(Cl)c2)CC1. The fourth-order valence-electron chi connectivity index (χ4n) is 2.84. The molecule has 1 heterocycles. The van der Waals surface area contributed by atoms with Crippen molar-refractivity contribution < 1.29 is 13.2 Å². The summed E-state index contributed by atoms with van der Waals surface area (Å²) in [5, 5.41) is 0.677. The minimum absolute atomic E-state index is 0.151. The van der Waals surface area contributed by atoms with Crippen LogP contribution in [0.15, 0.2) is 59.5 Å². The Morgan fingerprint density at radius 3 is 2.35 bits per heavy atom. The molecule has 0 radical (unpaired) electrons. The zero-order valence-corrected chi connectivity index (χ0v) is 15.7. The van der Waals surface area contributed by atoms with Gasteiger partial charge < -0.3 is 9.80 Å². The summed E-state index contributed by atoms with van der Waals surface area (Å²) in [7, 11) is -3.68. The number of halogens is 1. The Hall–Kier alpha value is -2.09. The van der Waals surface area contributed by atoms with E-state index in [4.69, 9.17) is 11.6 Å². The number of sulfonamides is 1. The summed E-state index contributed by atoms with van der Waals surface area (Å²) in [5.41, 5.74) is 1.02. The molecule has 8 heteroatoms. The fourth-order valence-corrected chi connectivity index (χ4v) is 4.02. The van der Waals surface area contributed by atoms with E-state index in [0.29, 0.717) is 31.2 Å². The first-order valence-corrected chi connectivity index (χ1v) is 10.1. The van der Waals surface area contributed by atoms with Gasteiger partial charge in [-0.3, -0.25) is 4.79 Å². The first-order valence-electron chi connectivity index (χ1n) is 8.29. The topological polar surface area (TPSA) is 69.7 Å². The van der Waals surface area contributed by atoms with Crippen molar-refractivity contribution >= 4 is 33.2 Å². The van der Waals surface area contributed by atoms with Gasteiger partial charge in [-0.1, -0.05) is 35.9 Å². The summed E-state index contributed by atoms with van der Waals surface area (Å²) in [5.74, 6) is -0.227. The molecule has 1 fully saturated rings. The molecule has 2 aromatic rings. The fraction of sp³-hybridized carbons (Fsp3) is 0.278. The third-order valence-electron chi connectivity index (χ3n) is 4.27. The Balaban J connectivity index is 1.53. The van der Waals surface area contributed by atoms with Crippen LogP contribution in [0.5, 0.6) is 0 Å². The lowest BCUT2D eigenvalue weighted by atomic mass is 10.2. The predicted molar refractivity (Wildman–Crippen MR) is 102 cm³/mol. The Kier molecular flexibility index (Phi) is 5.80. The van der Waals surface area contributed by atoms with Gasteiger partial charge in [0, 0.05) is 36.9 Å². The van der Waals surface area contributed by atoms with E-state index >= 15 is 0 Å². The van der Waals surface area contributed by atoms with E-state index in [1.54, 1.807) is 23.1 Å². The molecule has 1 amide bonds. The van der Waals surface area contributed by atoms with Gasteiger partial charge in [-0.25, -0.2) is 13.1 Å². The van der Waals surface area contributed by atoms with Gasteiger partial charge in [0.1, 0.15) is 0 Å². The maximum absolute atomic E-state index is 12.3. The molecule has 1 aliphatic rings. The number of anilines is 1. The van der Waals surface area contributed by atoms with Gasteiger partial charge in [-0.05, 0) is 30.3 Å². The normalized spacial score (nSPS) is 15.1. The second-order valence-corrected chi connectivity index (χ2v) is 8.19. The van der Waals surface area contributed by atoms with Gasteiger partial charge in [-0.2, -0.15) is 0 Å².